The molecular formula is C7H12N2OS. The van der Waals surface area contributed by atoms with Gasteiger partial charge in [0.25, 0.3) is 6.33 Å². The summed E-state index contributed by atoms with van der Waals surface area (Å²) in [5.41, 5.74) is 0. The van der Waals surface area contributed by atoms with Gasteiger partial charge in [-0.05, 0) is 11.2 Å². The first kappa shape index (κ1) is 10.2. The fourth-order valence-electron chi connectivity index (χ4n) is 0.453. The number of thioether (sulfide) groups is 1. The molecule has 1 rings (SSSR count). The zero-order chi connectivity index (χ0) is 8.69. The molecule has 1 aromatic heterocycles. The summed E-state index contributed by atoms with van der Waals surface area (Å²) in [6.45, 7) is 4.00. The topological polar surface area (TPSA) is 39.8 Å². The Morgan fingerprint density at radius 3 is 2.55 bits per heavy atom. The van der Waals surface area contributed by atoms with Crippen LogP contribution < -0.4 is 4.73 Å². The Bertz CT molecular complexity index is 188. The van der Waals surface area contributed by atoms with Crippen molar-refractivity contribution in [3.8, 4) is 0 Å². The molecule has 0 aliphatic carbocycles. The molecule has 0 spiro atoms. The summed E-state index contributed by atoms with van der Waals surface area (Å²) in [5.74, 6) is 0. The summed E-state index contributed by atoms with van der Waals surface area (Å²) in [7, 11) is 0. The Morgan fingerprint density at radius 2 is 2.18 bits per heavy atom. The molecule has 0 atom stereocenters. The quantitative estimate of drug-likeness (QED) is 0.279. The molecule has 62 valence electrons. The average molecular weight is 172 g/mol. The summed E-state index contributed by atoms with van der Waals surface area (Å²) in [6, 6.07) is 1.68. The van der Waals surface area contributed by atoms with E-state index in [0.717, 1.165) is 5.03 Å². The van der Waals surface area contributed by atoms with Crippen LogP contribution in [0.15, 0.2) is 23.6 Å². The van der Waals surface area contributed by atoms with Crippen LogP contribution in [0.1, 0.15) is 13.8 Å². The molecule has 0 amide bonds. The SMILES string of the molecule is CC.CSc1cc[n+]([O-])cn1. The van der Waals surface area contributed by atoms with Crippen LogP contribution in [0.4, 0.5) is 0 Å². The van der Waals surface area contributed by atoms with Gasteiger partial charge in [0, 0.05) is 6.07 Å². The minimum absolute atomic E-state index is 0.666. The van der Waals surface area contributed by atoms with Crippen molar-refractivity contribution >= 4 is 11.8 Å². The summed E-state index contributed by atoms with van der Waals surface area (Å²) in [4.78, 5) is 3.81. The van der Waals surface area contributed by atoms with Crippen molar-refractivity contribution in [3.05, 3.63) is 23.8 Å². The van der Waals surface area contributed by atoms with Gasteiger partial charge in [0.1, 0.15) is 0 Å². The molecule has 0 bridgehead atoms. The van der Waals surface area contributed by atoms with E-state index in [-0.39, 0.29) is 0 Å². The predicted molar refractivity (Wildman–Crippen MR) is 46.3 cm³/mol. The zero-order valence-electron chi connectivity index (χ0n) is 6.94. The summed E-state index contributed by atoms with van der Waals surface area (Å²) in [6.07, 6.45) is 4.59. The molecule has 0 N–H and O–H groups in total. The first-order valence-corrected chi connectivity index (χ1v) is 4.64. The molecule has 1 aromatic rings. The van der Waals surface area contributed by atoms with Crippen LogP contribution in [-0.2, 0) is 0 Å². The van der Waals surface area contributed by atoms with Crippen molar-refractivity contribution in [2.45, 2.75) is 18.9 Å². The van der Waals surface area contributed by atoms with Gasteiger partial charge in [0.05, 0.1) is 6.20 Å². The maximum Gasteiger partial charge on any atom is 0.290 e. The molecule has 0 aliphatic rings. The lowest BCUT2D eigenvalue weighted by molar-refractivity contribution is -0.609. The number of hydrogen-bond donors (Lipinski definition) is 0. The lowest BCUT2D eigenvalue weighted by atomic mass is 10.7. The van der Waals surface area contributed by atoms with Crippen molar-refractivity contribution in [2.24, 2.45) is 0 Å². The first-order valence-electron chi connectivity index (χ1n) is 3.42. The van der Waals surface area contributed by atoms with E-state index in [4.69, 9.17) is 0 Å². The molecular weight excluding hydrogens is 160 g/mol. The molecule has 0 aliphatic heterocycles. The van der Waals surface area contributed by atoms with Gasteiger partial charge in [-0.15, -0.1) is 0 Å². The van der Waals surface area contributed by atoms with Crippen molar-refractivity contribution in [2.75, 3.05) is 6.26 Å². The van der Waals surface area contributed by atoms with E-state index >= 15 is 0 Å². The third-order valence-corrected chi connectivity index (χ3v) is 1.53. The van der Waals surface area contributed by atoms with Crippen molar-refractivity contribution < 1.29 is 4.73 Å². The zero-order valence-corrected chi connectivity index (χ0v) is 7.76. The second-order valence-electron chi connectivity index (χ2n) is 1.46. The van der Waals surface area contributed by atoms with E-state index in [1.54, 1.807) is 6.07 Å². The van der Waals surface area contributed by atoms with Crippen molar-refractivity contribution in [1.29, 1.82) is 0 Å². The van der Waals surface area contributed by atoms with E-state index in [1.165, 1.54) is 24.3 Å². The van der Waals surface area contributed by atoms with Crippen LogP contribution in [0.3, 0.4) is 0 Å². The summed E-state index contributed by atoms with van der Waals surface area (Å²) in [5, 5.41) is 11.2. The van der Waals surface area contributed by atoms with Crippen LogP contribution in [0.2, 0.25) is 0 Å². The average Bonchev–Trinajstić information content (AvgIpc) is 2.10. The van der Waals surface area contributed by atoms with Gasteiger partial charge in [-0.2, -0.15) is 0 Å². The second kappa shape index (κ2) is 5.97. The van der Waals surface area contributed by atoms with Crippen LogP contribution in [0.5, 0.6) is 0 Å². The number of nitrogens with zero attached hydrogens (tertiary/aromatic N) is 2. The largest absolute Gasteiger partial charge is 0.711 e. The highest BCUT2D eigenvalue weighted by Gasteiger charge is 1.94. The smallest absolute Gasteiger partial charge is 0.290 e. The standard InChI is InChI=1S/C5H6N2OS.C2H6/c1-9-5-2-3-7(8)4-6-5;1-2/h2-4H,1H3;1-2H3. The number of rotatable bonds is 1. The van der Waals surface area contributed by atoms with Gasteiger partial charge in [-0.1, -0.05) is 25.6 Å². The maximum absolute atomic E-state index is 10.4. The molecule has 4 heteroatoms. The molecule has 3 nitrogen and oxygen atoms in total. The molecule has 0 aromatic carbocycles. The third kappa shape index (κ3) is 3.83. The first-order chi connectivity index (χ1) is 5.33. The fourth-order valence-corrected chi connectivity index (χ4v) is 0.803. The highest BCUT2D eigenvalue weighted by molar-refractivity contribution is 7.98. The van der Waals surface area contributed by atoms with Gasteiger partial charge < -0.3 is 5.21 Å². The van der Waals surface area contributed by atoms with Crippen LogP contribution in [0, 0.1) is 5.21 Å². The third-order valence-electron chi connectivity index (χ3n) is 0.872. The Labute approximate surface area is 71.1 Å². The fraction of sp³-hybridized carbons (Fsp3) is 0.429. The summed E-state index contributed by atoms with van der Waals surface area (Å²) >= 11 is 1.51. The van der Waals surface area contributed by atoms with E-state index in [0.29, 0.717) is 4.73 Å². The predicted octanol–water partition coefficient (Wildman–Crippen LogP) is 1.46. The van der Waals surface area contributed by atoms with E-state index in [2.05, 4.69) is 4.98 Å². The minimum Gasteiger partial charge on any atom is -0.711 e. The molecule has 0 unspecified atom stereocenters. The highest BCUT2D eigenvalue weighted by Crippen LogP contribution is 2.06. The van der Waals surface area contributed by atoms with Crippen molar-refractivity contribution in [3.63, 3.8) is 0 Å². The van der Waals surface area contributed by atoms with Gasteiger partial charge >= 0.3 is 0 Å². The molecule has 0 radical (unpaired) electrons. The normalized spacial score (nSPS) is 8.27. The Hall–Kier alpha value is -0.770. The van der Waals surface area contributed by atoms with Gasteiger partial charge in [0.15, 0.2) is 0 Å². The van der Waals surface area contributed by atoms with Crippen LogP contribution in [0.25, 0.3) is 0 Å². The summed E-state index contributed by atoms with van der Waals surface area (Å²) < 4.78 is 0.666. The monoisotopic (exact) mass is 172 g/mol. The van der Waals surface area contributed by atoms with Crippen LogP contribution in [-0.4, -0.2) is 11.2 Å². The van der Waals surface area contributed by atoms with Gasteiger partial charge in [0.2, 0.25) is 5.03 Å². The maximum atomic E-state index is 10.4. The molecule has 0 fully saturated rings. The Morgan fingerprint density at radius 1 is 1.55 bits per heavy atom. The molecule has 1 heterocycles. The molecule has 11 heavy (non-hydrogen) atoms. The molecule has 0 saturated heterocycles. The number of aromatic nitrogens is 2. The number of hydrogen-bond acceptors (Lipinski definition) is 3. The van der Waals surface area contributed by atoms with Gasteiger partial charge in [-0.25, -0.2) is 4.73 Å². The van der Waals surface area contributed by atoms with Crippen LogP contribution >= 0.6 is 11.8 Å². The minimum atomic E-state index is 0.666. The van der Waals surface area contributed by atoms with Crippen molar-refractivity contribution in [1.82, 2.24) is 4.98 Å². The van der Waals surface area contributed by atoms with E-state index in [1.807, 2.05) is 20.1 Å². The van der Waals surface area contributed by atoms with E-state index < -0.39 is 0 Å². The molecule has 0 saturated carbocycles. The van der Waals surface area contributed by atoms with E-state index in [9.17, 15) is 5.21 Å². The lowest BCUT2D eigenvalue weighted by Crippen LogP contribution is -2.24. The Kier molecular flexibility index (Phi) is 5.56. The lowest BCUT2D eigenvalue weighted by Gasteiger charge is -1.95. The Balaban J connectivity index is 0.000000461. The highest BCUT2D eigenvalue weighted by atomic mass is 32.2. The van der Waals surface area contributed by atoms with Gasteiger partial charge in [-0.3, -0.25) is 0 Å². The second-order valence-corrected chi connectivity index (χ2v) is 2.29.